The molecule has 14 nitrogen and oxygen atoms in total. The first-order valence-corrected chi connectivity index (χ1v) is 26.1. The van der Waals surface area contributed by atoms with E-state index < -0.39 is 53.8 Å². The Balaban J connectivity index is 4.69. The van der Waals surface area contributed by atoms with Gasteiger partial charge in [0.15, 0.2) is 6.10 Å². The normalized spacial score (nSPS) is 12.5. The van der Waals surface area contributed by atoms with Crippen LogP contribution in [-0.2, 0) is 43.0 Å². The Hall–Kier alpha value is -3.71. The van der Waals surface area contributed by atoms with Crippen LogP contribution in [0.5, 0.6) is 0 Å². The summed E-state index contributed by atoms with van der Waals surface area (Å²) < 4.78 is 11.2. The highest BCUT2D eigenvalue weighted by molar-refractivity contribution is 5.91. The summed E-state index contributed by atoms with van der Waals surface area (Å²) in [4.78, 5) is 85.7. The first kappa shape index (κ1) is 61.3. The van der Waals surface area contributed by atoms with E-state index in [1.165, 1.54) is 148 Å². The number of aliphatic carboxylic acids is 1. The lowest BCUT2D eigenvalue weighted by molar-refractivity contribution is -0.159. The van der Waals surface area contributed by atoms with Gasteiger partial charge in [-0.25, -0.2) is 4.79 Å². The molecule has 0 saturated carbocycles. The van der Waals surface area contributed by atoms with Gasteiger partial charge >= 0.3 is 17.9 Å². The average Bonchev–Trinajstić information content (AvgIpc) is 3.27. The Bertz CT molecular complexity index is 1270. The van der Waals surface area contributed by atoms with Crippen LogP contribution >= 0.6 is 0 Å². The maximum absolute atomic E-state index is 12.8. The summed E-state index contributed by atoms with van der Waals surface area (Å²) in [6.07, 6.45) is 35.3. The molecule has 14 heteroatoms. The van der Waals surface area contributed by atoms with Crippen molar-refractivity contribution >= 4 is 41.5 Å². The topological polar surface area (TPSA) is 220 Å². The predicted octanol–water partition coefficient (Wildman–Crippen LogP) is 10.2. The number of rotatable bonds is 47. The SMILES string of the molecule is CCCCCCCCCCCCCCCCCC(=O)OC[C@H](CNC(=O)CCC(=O)NC(C)C(=O)NC(CCC(N)=O)C(=O)O)OC(=O)CCCCCCCCCCCCCCCCC. The Morgan fingerprint density at radius 1 is 0.492 bits per heavy atom. The van der Waals surface area contributed by atoms with Gasteiger partial charge in [0.05, 0.1) is 6.54 Å². The van der Waals surface area contributed by atoms with E-state index in [2.05, 4.69) is 29.8 Å². The first-order chi connectivity index (χ1) is 31.4. The lowest BCUT2D eigenvalue weighted by Gasteiger charge is -2.19. The van der Waals surface area contributed by atoms with Gasteiger partial charge in [0.25, 0.3) is 0 Å². The number of carboxylic acids is 1. The molecule has 0 heterocycles. The number of ether oxygens (including phenoxy) is 2. The molecule has 0 fully saturated rings. The molecule has 0 aliphatic carbocycles. The Kier molecular flexibility index (Phi) is 41.6. The zero-order valence-corrected chi connectivity index (χ0v) is 41.3. The summed E-state index contributed by atoms with van der Waals surface area (Å²) in [5, 5.41) is 16.7. The van der Waals surface area contributed by atoms with Crippen molar-refractivity contribution in [3.63, 3.8) is 0 Å². The number of carboxylic acid groups (broad SMARTS) is 1. The smallest absolute Gasteiger partial charge is 0.326 e. The summed E-state index contributed by atoms with van der Waals surface area (Å²) >= 11 is 0. The summed E-state index contributed by atoms with van der Waals surface area (Å²) in [6.45, 7) is 5.54. The van der Waals surface area contributed by atoms with Crippen LogP contribution < -0.4 is 21.7 Å². The number of carbonyl (C=O) groups excluding carboxylic acids is 6. The number of primary amides is 1. The number of nitrogens with one attached hydrogen (secondary N) is 3. The Morgan fingerprint density at radius 3 is 1.28 bits per heavy atom. The number of nitrogens with two attached hydrogens (primary N) is 1. The van der Waals surface area contributed by atoms with Gasteiger partial charge in [-0.15, -0.1) is 0 Å². The van der Waals surface area contributed by atoms with E-state index >= 15 is 0 Å². The third-order valence-corrected chi connectivity index (χ3v) is 11.9. The average molecular weight is 923 g/mol. The molecule has 0 bridgehead atoms. The fourth-order valence-corrected chi connectivity index (χ4v) is 7.68. The highest BCUT2D eigenvalue weighted by Gasteiger charge is 2.25. The number of esters is 2. The van der Waals surface area contributed by atoms with E-state index in [1.54, 1.807) is 0 Å². The number of carbonyl (C=O) groups is 7. The molecule has 2 unspecified atom stereocenters. The van der Waals surface area contributed by atoms with Gasteiger partial charge in [-0.1, -0.05) is 194 Å². The fraction of sp³-hybridized carbons (Fsp3) is 0.863. The largest absolute Gasteiger partial charge is 0.480 e. The Labute approximate surface area is 393 Å². The lowest BCUT2D eigenvalue weighted by atomic mass is 10.0. The van der Waals surface area contributed by atoms with Crippen molar-refractivity contribution in [3.8, 4) is 0 Å². The zero-order chi connectivity index (χ0) is 48.2. The molecule has 0 aromatic rings. The highest BCUT2D eigenvalue weighted by Crippen LogP contribution is 2.16. The molecule has 0 spiro atoms. The van der Waals surface area contributed by atoms with Crippen LogP contribution in [0.3, 0.4) is 0 Å². The van der Waals surface area contributed by atoms with Crippen LogP contribution in [0.15, 0.2) is 0 Å². The molecule has 0 aromatic carbocycles. The van der Waals surface area contributed by atoms with Gasteiger partial charge in [-0.3, -0.25) is 28.8 Å². The zero-order valence-electron chi connectivity index (χ0n) is 41.3. The number of hydrogen-bond donors (Lipinski definition) is 5. The van der Waals surface area contributed by atoms with Crippen LogP contribution in [0, 0.1) is 0 Å². The molecule has 4 amide bonds. The van der Waals surface area contributed by atoms with Gasteiger partial charge in [0.2, 0.25) is 23.6 Å². The molecule has 0 aliphatic heterocycles. The second kappa shape index (κ2) is 44.1. The van der Waals surface area contributed by atoms with Crippen molar-refractivity contribution in [3.05, 3.63) is 0 Å². The van der Waals surface area contributed by atoms with Crippen LogP contribution in [0.1, 0.15) is 252 Å². The van der Waals surface area contributed by atoms with E-state index in [1.807, 2.05) is 0 Å². The van der Waals surface area contributed by atoms with Crippen molar-refractivity contribution in [1.82, 2.24) is 16.0 Å². The first-order valence-electron chi connectivity index (χ1n) is 26.1. The molecule has 6 N–H and O–H groups in total. The number of hydrogen-bond acceptors (Lipinski definition) is 9. The van der Waals surface area contributed by atoms with Crippen molar-refractivity contribution in [2.45, 2.75) is 270 Å². The molecule has 65 heavy (non-hydrogen) atoms. The number of amides is 4. The number of unbranched alkanes of at least 4 members (excludes halogenated alkanes) is 28. The fourth-order valence-electron chi connectivity index (χ4n) is 7.68. The minimum atomic E-state index is -1.36. The van der Waals surface area contributed by atoms with Crippen LogP contribution in [0.2, 0.25) is 0 Å². The maximum atomic E-state index is 12.8. The molecule has 3 atom stereocenters. The third kappa shape index (κ3) is 41.5. The summed E-state index contributed by atoms with van der Waals surface area (Å²) in [7, 11) is 0. The Morgan fingerprint density at radius 2 is 0.877 bits per heavy atom. The quantitative estimate of drug-likeness (QED) is 0.0287. The molecule has 0 aliphatic rings. The predicted molar refractivity (Wildman–Crippen MR) is 258 cm³/mol. The van der Waals surface area contributed by atoms with Crippen LogP contribution in [-0.4, -0.2) is 78.0 Å². The monoisotopic (exact) mass is 923 g/mol. The van der Waals surface area contributed by atoms with Gasteiger partial charge in [-0.05, 0) is 26.2 Å². The second-order valence-corrected chi connectivity index (χ2v) is 18.2. The summed E-state index contributed by atoms with van der Waals surface area (Å²) in [5.74, 6) is -4.78. The summed E-state index contributed by atoms with van der Waals surface area (Å²) in [6, 6.07) is -2.47. The van der Waals surface area contributed by atoms with Gasteiger partial charge in [0, 0.05) is 32.1 Å². The summed E-state index contributed by atoms with van der Waals surface area (Å²) in [5.41, 5.74) is 5.08. The van der Waals surface area contributed by atoms with Gasteiger partial charge in [-0.2, -0.15) is 0 Å². The van der Waals surface area contributed by atoms with E-state index in [-0.39, 0.29) is 57.6 Å². The standard InChI is InChI=1S/C51H94N4O10/c1-4-6-8-10-12-14-16-18-20-22-24-26-28-30-32-34-48(59)64-41-43(65-49(60)35-33-31-29-27-25-23-21-19-17-15-13-11-9-7-5-2)40-53-46(57)38-39-47(58)54-42(3)50(61)55-44(51(62)63)36-37-45(52)56/h42-44H,4-41H2,1-3H3,(H2,52,56)(H,53,57)(H,54,58)(H,55,61)(H,62,63)/t42?,43-,44?/m0/s1. The van der Waals surface area contributed by atoms with Crippen molar-refractivity contribution in [2.24, 2.45) is 5.73 Å². The van der Waals surface area contributed by atoms with Crippen molar-refractivity contribution in [2.75, 3.05) is 13.2 Å². The molecular formula is C51H94N4O10. The highest BCUT2D eigenvalue weighted by atomic mass is 16.6. The van der Waals surface area contributed by atoms with E-state index in [4.69, 9.17) is 15.2 Å². The lowest BCUT2D eigenvalue weighted by Crippen LogP contribution is -2.50. The minimum absolute atomic E-state index is 0.113. The molecule has 0 saturated heterocycles. The molecule has 378 valence electrons. The van der Waals surface area contributed by atoms with Crippen molar-refractivity contribution < 1.29 is 48.1 Å². The molecule has 0 rings (SSSR count). The molecular weight excluding hydrogens is 829 g/mol. The minimum Gasteiger partial charge on any atom is -0.480 e. The molecule has 0 radical (unpaired) electrons. The van der Waals surface area contributed by atoms with E-state index in [9.17, 15) is 38.7 Å². The van der Waals surface area contributed by atoms with Crippen LogP contribution in [0.4, 0.5) is 0 Å². The van der Waals surface area contributed by atoms with Crippen LogP contribution in [0.25, 0.3) is 0 Å². The van der Waals surface area contributed by atoms with Gasteiger partial charge in [0.1, 0.15) is 18.7 Å². The molecule has 0 aromatic heterocycles. The second-order valence-electron chi connectivity index (χ2n) is 18.2. The van der Waals surface area contributed by atoms with E-state index in [0.717, 1.165) is 44.9 Å². The van der Waals surface area contributed by atoms with E-state index in [0.29, 0.717) is 6.42 Å². The van der Waals surface area contributed by atoms with Gasteiger partial charge < -0.3 is 36.3 Å². The van der Waals surface area contributed by atoms with Crippen molar-refractivity contribution in [1.29, 1.82) is 0 Å². The maximum Gasteiger partial charge on any atom is 0.326 e. The third-order valence-electron chi connectivity index (χ3n) is 11.9.